The highest BCUT2D eigenvalue weighted by molar-refractivity contribution is 7.89. The van der Waals surface area contributed by atoms with Crippen molar-refractivity contribution >= 4 is 21.4 Å². The summed E-state index contributed by atoms with van der Waals surface area (Å²) in [4.78, 5) is 1.25. The molecule has 3 nitrogen and oxygen atoms in total. The first-order chi connectivity index (χ1) is 11.5. The minimum atomic E-state index is -3.60. The van der Waals surface area contributed by atoms with Gasteiger partial charge in [0.05, 0.1) is 10.9 Å². The molecular weight excluding hydrogens is 338 g/mol. The summed E-state index contributed by atoms with van der Waals surface area (Å²) in [6, 6.07) is 18.3. The third kappa shape index (κ3) is 3.75. The zero-order chi connectivity index (χ0) is 17.2. The molecule has 0 amide bonds. The Morgan fingerprint density at radius 2 is 1.46 bits per heavy atom. The van der Waals surface area contributed by atoms with Gasteiger partial charge in [-0.15, -0.1) is 11.3 Å². The zero-order valence-corrected chi connectivity index (χ0v) is 15.2. The van der Waals surface area contributed by atoms with Gasteiger partial charge in [0.25, 0.3) is 0 Å². The van der Waals surface area contributed by atoms with Gasteiger partial charge in [0.1, 0.15) is 0 Å². The number of thiophene rings is 1. The van der Waals surface area contributed by atoms with Gasteiger partial charge in [0, 0.05) is 4.88 Å². The maximum atomic E-state index is 12.8. The van der Waals surface area contributed by atoms with E-state index < -0.39 is 16.1 Å². The van der Waals surface area contributed by atoms with Gasteiger partial charge in [0.2, 0.25) is 10.0 Å². The summed E-state index contributed by atoms with van der Waals surface area (Å²) in [5, 5.41) is 1.96. The molecule has 3 rings (SSSR count). The molecule has 1 aromatic heterocycles. The highest BCUT2D eigenvalue weighted by atomic mass is 32.2. The minimum absolute atomic E-state index is 0.279. The molecule has 0 saturated carbocycles. The summed E-state index contributed by atoms with van der Waals surface area (Å²) in [5.41, 5.74) is 3.10. The summed E-state index contributed by atoms with van der Waals surface area (Å²) in [5.74, 6) is 0. The van der Waals surface area contributed by atoms with Crippen molar-refractivity contribution < 1.29 is 8.42 Å². The predicted molar refractivity (Wildman–Crippen MR) is 98.8 cm³/mol. The second-order valence-electron chi connectivity index (χ2n) is 5.79. The van der Waals surface area contributed by atoms with Crippen LogP contribution >= 0.6 is 11.3 Å². The van der Waals surface area contributed by atoms with Crippen molar-refractivity contribution in [1.82, 2.24) is 4.72 Å². The van der Waals surface area contributed by atoms with Gasteiger partial charge in [-0.05, 0) is 43.0 Å². The summed E-state index contributed by atoms with van der Waals surface area (Å²) in [6.07, 6.45) is 0. The Balaban J connectivity index is 1.97. The molecule has 3 aromatic rings. The standard InChI is InChI=1S/C19H19NO2S2/c1-14-5-9-16(10-6-14)19(18-4-3-13-23-18)20-24(21,22)17-11-7-15(2)8-12-17/h3-13,19-20H,1-2H3. The molecule has 1 N–H and O–H groups in total. The number of hydrogen-bond acceptors (Lipinski definition) is 3. The quantitative estimate of drug-likeness (QED) is 0.734. The second kappa shape index (κ2) is 6.89. The van der Waals surface area contributed by atoms with Gasteiger partial charge in [-0.25, -0.2) is 8.42 Å². The monoisotopic (exact) mass is 357 g/mol. The van der Waals surface area contributed by atoms with Gasteiger partial charge in [-0.3, -0.25) is 0 Å². The third-order valence-corrected chi connectivity index (χ3v) is 6.22. The Kier molecular flexibility index (Phi) is 4.85. The molecule has 0 aliphatic heterocycles. The van der Waals surface area contributed by atoms with Crippen molar-refractivity contribution in [1.29, 1.82) is 0 Å². The fourth-order valence-electron chi connectivity index (χ4n) is 2.45. The summed E-state index contributed by atoms with van der Waals surface area (Å²) in [7, 11) is -3.60. The molecule has 124 valence electrons. The van der Waals surface area contributed by atoms with Crippen molar-refractivity contribution in [3.05, 3.63) is 87.6 Å². The first kappa shape index (κ1) is 16.9. The fraction of sp³-hybridized carbons (Fsp3) is 0.158. The zero-order valence-electron chi connectivity index (χ0n) is 13.6. The normalized spacial score (nSPS) is 12.9. The predicted octanol–water partition coefficient (Wildman–Crippen LogP) is 4.43. The van der Waals surface area contributed by atoms with Crippen molar-refractivity contribution in [2.24, 2.45) is 0 Å². The largest absolute Gasteiger partial charge is 0.241 e. The Morgan fingerprint density at radius 3 is 2.00 bits per heavy atom. The summed E-state index contributed by atoms with van der Waals surface area (Å²) in [6.45, 7) is 3.95. The summed E-state index contributed by atoms with van der Waals surface area (Å²) < 4.78 is 28.4. The van der Waals surface area contributed by atoms with Gasteiger partial charge >= 0.3 is 0 Å². The molecule has 1 heterocycles. The van der Waals surface area contributed by atoms with Crippen LogP contribution in [0.2, 0.25) is 0 Å². The first-order valence-electron chi connectivity index (χ1n) is 7.65. The molecule has 0 bridgehead atoms. The molecule has 0 aliphatic carbocycles. The topological polar surface area (TPSA) is 46.2 Å². The number of rotatable bonds is 5. The van der Waals surface area contributed by atoms with Crippen LogP contribution in [0, 0.1) is 13.8 Å². The molecule has 2 aromatic carbocycles. The smallest absolute Gasteiger partial charge is 0.207 e. The molecule has 0 spiro atoms. The van der Waals surface area contributed by atoms with E-state index in [4.69, 9.17) is 0 Å². The SMILES string of the molecule is Cc1ccc(C(NS(=O)(=O)c2ccc(C)cc2)c2cccs2)cc1. The second-order valence-corrected chi connectivity index (χ2v) is 8.49. The van der Waals surface area contributed by atoms with E-state index >= 15 is 0 Å². The average molecular weight is 358 g/mol. The van der Waals surface area contributed by atoms with Gasteiger partial charge in [0.15, 0.2) is 0 Å². The molecule has 5 heteroatoms. The molecule has 0 fully saturated rings. The molecule has 0 saturated heterocycles. The average Bonchev–Trinajstić information content (AvgIpc) is 3.08. The molecule has 24 heavy (non-hydrogen) atoms. The number of hydrogen-bond donors (Lipinski definition) is 1. The maximum Gasteiger partial charge on any atom is 0.241 e. The van der Waals surface area contributed by atoms with Gasteiger partial charge in [-0.1, -0.05) is 53.6 Å². The van der Waals surface area contributed by atoms with Crippen LogP contribution < -0.4 is 4.72 Å². The lowest BCUT2D eigenvalue weighted by molar-refractivity contribution is 0.573. The third-order valence-electron chi connectivity index (χ3n) is 3.84. The highest BCUT2D eigenvalue weighted by Crippen LogP contribution is 2.28. The molecule has 0 aliphatic rings. The van der Waals surface area contributed by atoms with E-state index in [0.29, 0.717) is 0 Å². The molecule has 1 unspecified atom stereocenters. The lowest BCUT2D eigenvalue weighted by Gasteiger charge is -2.18. The van der Waals surface area contributed by atoms with E-state index in [9.17, 15) is 8.42 Å². The van der Waals surface area contributed by atoms with Crippen molar-refractivity contribution in [3.8, 4) is 0 Å². The van der Waals surface area contributed by atoms with Crippen LogP contribution in [0.5, 0.6) is 0 Å². The number of benzene rings is 2. The van der Waals surface area contributed by atoms with E-state index in [1.165, 1.54) is 0 Å². The fourth-order valence-corrected chi connectivity index (χ4v) is 4.53. The molecule has 0 radical (unpaired) electrons. The van der Waals surface area contributed by atoms with Crippen LogP contribution in [0.1, 0.15) is 27.6 Å². The van der Waals surface area contributed by atoms with Crippen LogP contribution in [-0.4, -0.2) is 8.42 Å². The highest BCUT2D eigenvalue weighted by Gasteiger charge is 2.23. The molecular formula is C19H19NO2S2. The first-order valence-corrected chi connectivity index (χ1v) is 10.0. The lowest BCUT2D eigenvalue weighted by Crippen LogP contribution is -2.29. The van der Waals surface area contributed by atoms with Crippen LogP contribution in [0.4, 0.5) is 0 Å². The number of sulfonamides is 1. The Bertz CT molecular complexity index is 897. The Morgan fingerprint density at radius 1 is 0.875 bits per heavy atom. The van der Waals surface area contributed by atoms with Crippen LogP contribution in [-0.2, 0) is 10.0 Å². The van der Waals surface area contributed by atoms with E-state index in [2.05, 4.69) is 4.72 Å². The Labute approximate surface area is 147 Å². The van der Waals surface area contributed by atoms with Crippen LogP contribution in [0.25, 0.3) is 0 Å². The maximum absolute atomic E-state index is 12.8. The van der Waals surface area contributed by atoms with Crippen molar-refractivity contribution in [2.75, 3.05) is 0 Å². The van der Waals surface area contributed by atoms with E-state index in [1.54, 1.807) is 35.6 Å². The number of nitrogens with one attached hydrogen (secondary N) is 1. The summed E-state index contributed by atoms with van der Waals surface area (Å²) >= 11 is 1.54. The molecule has 1 atom stereocenters. The Hall–Kier alpha value is -1.95. The van der Waals surface area contributed by atoms with E-state index in [1.807, 2.05) is 55.6 Å². The van der Waals surface area contributed by atoms with Crippen LogP contribution in [0.3, 0.4) is 0 Å². The van der Waals surface area contributed by atoms with Gasteiger partial charge in [-0.2, -0.15) is 4.72 Å². The number of aryl methyl sites for hydroxylation is 2. The van der Waals surface area contributed by atoms with Crippen molar-refractivity contribution in [2.45, 2.75) is 24.8 Å². The lowest BCUT2D eigenvalue weighted by atomic mass is 10.0. The minimum Gasteiger partial charge on any atom is -0.207 e. The van der Waals surface area contributed by atoms with Crippen molar-refractivity contribution in [3.63, 3.8) is 0 Å². The van der Waals surface area contributed by atoms with Crippen LogP contribution in [0.15, 0.2) is 70.9 Å². The van der Waals surface area contributed by atoms with Gasteiger partial charge < -0.3 is 0 Å². The van der Waals surface area contributed by atoms with E-state index in [-0.39, 0.29) is 4.90 Å². The van der Waals surface area contributed by atoms with E-state index in [0.717, 1.165) is 21.6 Å².